The molecular formula is C15H30N2. The number of nitrogens with zero attached hydrogens (tertiary/aromatic N) is 1. The van der Waals surface area contributed by atoms with E-state index in [1.54, 1.807) is 5.57 Å². The van der Waals surface area contributed by atoms with Gasteiger partial charge in [-0.1, -0.05) is 45.8 Å². The lowest BCUT2D eigenvalue weighted by Gasteiger charge is -2.32. The van der Waals surface area contributed by atoms with Crippen LogP contribution < -0.4 is 5.73 Å². The Bertz CT molecular complexity index is 246. The second-order valence-corrected chi connectivity index (χ2v) is 6.33. The summed E-state index contributed by atoms with van der Waals surface area (Å²) in [6.45, 7) is 13.6. The van der Waals surface area contributed by atoms with Crippen molar-refractivity contribution in [3.8, 4) is 0 Å². The number of nitrogens with two attached hydrogens (primary N) is 1. The molecule has 1 rings (SSSR count). The highest BCUT2D eigenvalue weighted by atomic mass is 15.1. The van der Waals surface area contributed by atoms with Crippen LogP contribution in [0.3, 0.4) is 0 Å². The van der Waals surface area contributed by atoms with Gasteiger partial charge in [0.05, 0.1) is 0 Å². The van der Waals surface area contributed by atoms with Gasteiger partial charge in [0.2, 0.25) is 0 Å². The van der Waals surface area contributed by atoms with Gasteiger partial charge in [0.1, 0.15) is 0 Å². The van der Waals surface area contributed by atoms with E-state index in [1.165, 1.54) is 32.4 Å². The molecule has 1 heterocycles. The molecule has 0 aromatic carbocycles. The van der Waals surface area contributed by atoms with E-state index in [1.807, 2.05) is 0 Å². The molecule has 0 saturated heterocycles. The van der Waals surface area contributed by atoms with Gasteiger partial charge in [-0.3, -0.25) is 4.90 Å². The van der Waals surface area contributed by atoms with E-state index in [4.69, 9.17) is 5.73 Å². The van der Waals surface area contributed by atoms with E-state index in [0.29, 0.717) is 11.3 Å². The van der Waals surface area contributed by atoms with Gasteiger partial charge >= 0.3 is 0 Å². The van der Waals surface area contributed by atoms with Gasteiger partial charge in [-0.05, 0) is 37.3 Å². The predicted octanol–water partition coefficient (Wildman–Crippen LogP) is 3.04. The molecule has 0 aromatic rings. The van der Waals surface area contributed by atoms with Crippen LogP contribution in [0.4, 0.5) is 0 Å². The van der Waals surface area contributed by atoms with Crippen molar-refractivity contribution in [2.75, 3.05) is 26.2 Å². The highest BCUT2D eigenvalue weighted by molar-refractivity contribution is 5.14. The molecule has 2 nitrogen and oxygen atoms in total. The average molecular weight is 238 g/mol. The zero-order valence-electron chi connectivity index (χ0n) is 12.1. The zero-order valence-corrected chi connectivity index (χ0v) is 12.1. The molecule has 0 amide bonds. The van der Waals surface area contributed by atoms with Crippen LogP contribution in [0.15, 0.2) is 11.6 Å². The van der Waals surface area contributed by atoms with Crippen molar-refractivity contribution in [2.24, 2.45) is 17.1 Å². The summed E-state index contributed by atoms with van der Waals surface area (Å²) in [6, 6.07) is 0. The van der Waals surface area contributed by atoms with Gasteiger partial charge in [-0.2, -0.15) is 0 Å². The molecule has 1 aliphatic rings. The Morgan fingerprint density at radius 1 is 1.41 bits per heavy atom. The Morgan fingerprint density at radius 2 is 2.12 bits per heavy atom. The third-order valence-electron chi connectivity index (χ3n) is 4.02. The van der Waals surface area contributed by atoms with Crippen LogP contribution >= 0.6 is 0 Å². The zero-order chi connectivity index (χ0) is 12.9. The van der Waals surface area contributed by atoms with Crippen LogP contribution in [0.25, 0.3) is 0 Å². The second kappa shape index (κ2) is 6.55. The number of hydrogen-bond donors (Lipinski definition) is 1. The monoisotopic (exact) mass is 238 g/mol. The lowest BCUT2D eigenvalue weighted by Crippen LogP contribution is -2.33. The fraction of sp³-hybridized carbons (Fsp3) is 0.867. The molecule has 0 aromatic heterocycles. The number of rotatable bonds is 5. The smallest absolute Gasteiger partial charge is 0.0166 e. The summed E-state index contributed by atoms with van der Waals surface area (Å²) < 4.78 is 0. The van der Waals surface area contributed by atoms with Crippen molar-refractivity contribution in [3.05, 3.63) is 11.6 Å². The molecule has 1 unspecified atom stereocenters. The van der Waals surface area contributed by atoms with Crippen molar-refractivity contribution in [1.82, 2.24) is 4.90 Å². The highest BCUT2D eigenvalue weighted by Gasteiger charge is 2.21. The van der Waals surface area contributed by atoms with Gasteiger partial charge in [0.15, 0.2) is 0 Å². The fourth-order valence-electron chi connectivity index (χ4n) is 2.45. The first kappa shape index (κ1) is 14.7. The van der Waals surface area contributed by atoms with Crippen molar-refractivity contribution in [1.29, 1.82) is 0 Å². The van der Waals surface area contributed by atoms with Crippen LogP contribution in [0, 0.1) is 11.3 Å². The van der Waals surface area contributed by atoms with Crippen molar-refractivity contribution in [3.63, 3.8) is 0 Å². The summed E-state index contributed by atoms with van der Waals surface area (Å²) >= 11 is 0. The minimum atomic E-state index is 0.356. The molecule has 0 bridgehead atoms. The minimum Gasteiger partial charge on any atom is -0.330 e. The maximum atomic E-state index is 5.75. The van der Waals surface area contributed by atoms with Gasteiger partial charge < -0.3 is 5.73 Å². The SMILES string of the molecule is CCC(CN)CCN1CC=C(C(C)(C)C)CC1. The van der Waals surface area contributed by atoms with Crippen LogP contribution in [-0.4, -0.2) is 31.1 Å². The van der Waals surface area contributed by atoms with E-state index in [9.17, 15) is 0 Å². The van der Waals surface area contributed by atoms with Crippen LogP contribution in [0.5, 0.6) is 0 Å². The molecule has 100 valence electrons. The molecule has 1 atom stereocenters. The van der Waals surface area contributed by atoms with Gasteiger partial charge in [-0.15, -0.1) is 0 Å². The maximum absolute atomic E-state index is 5.75. The summed E-state index contributed by atoms with van der Waals surface area (Å²) in [5, 5.41) is 0. The van der Waals surface area contributed by atoms with Crippen LogP contribution in [0.2, 0.25) is 0 Å². The molecule has 0 spiro atoms. The van der Waals surface area contributed by atoms with Crippen molar-refractivity contribution >= 4 is 0 Å². The van der Waals surface area contributed by atoms with E-state index in [0.717, 1.165) is 13.1 Å². The fourth-order valence-corrected chi connectivity index (χ4v) is 2.45. The summed E-state index contributed by atoms with van der Waals surface area (Å²) in [4.78, 5) is 2.56. The maximum Gasteiger partial charge on any atom is 0.0166 e. The van der Waals surface area contributed by atoms with Crippen molar-refractivity contribution < 1.29 is 0 Å². The van der Waals surface area contributed by atoms with E-state index < -0.39 is 0 Å². The molecule has 0 radical (unpaired) electrons. The molecule has 2 N–H and O–H groups in total. The highest BCUT2D eigenvalue weighted by Crippen LogP contribution is 2.30. The third-order valence-corrected chi connectivity index (χ3v) is 4.02. The summed E-state index contributed by atoms with van der Waals surface area (Å²) in [6.07, 6.45) is 6.15. The second-order valence-electron chi connectivity index (χ2n) is 6.33. The Hall–Kier alpha value is -0.340. The Labute approximate surface area is 107 Å². The molecule has 0 fully saturated rings. The van der Waals surface area contributed by atoms with Crippen molar-refractivity contribution in [2.45, 2.75) is 47.0 Å². The average Bonchev–Trinajstić information content (AvgIpc) is 2.30. The van der Waals surface area contributed by atoms with Crippen LogP contribution in [0.1, 0.15) is 47.0 Å². The third kappa shape index (κ3) is 4.81. The Balaban J connectivity index is 2.34. The van der Waals surface area contributed by atoms with Gasteiger partial charge in [0, 0.05) is 13.1 Å². The van der Waals surface area contributed by atoms with Crippen LogP contribution in [-0.2, 0) is 0 Å². The van der Waals surface area contributed by atoms with E-state index in [-0.39, 0.29) is 0 Å². The molecule has 1 aliphatic heterocycles. The summed E-state index contributed by atoms with van der Waals surface area (Å²) in [5.74, 6) is 0.711. The molecule has 0 aliphatic carbocycles. The molecule has 2 heteroatoms. The molecular weight excluding hydrogens is 208 g/mol. The predicted molar refractivity (Wildman–Crippen MR) is 76.0 cm³/mol. The first-order valence-electron chi connectivity index (χ1n) is 7.09. The Kier molecular flexibility index (Phi) is 5.68. The first-order chi connectivity index (χ1) is 7.97. The lowest BCUT2D eigenvalue weighted by molar-refractivity contribution is 0.256. The van der Waals surface area contributed by atoms with Gasteiger partial charge in [0.25, 0.3) is 0 Å². The van der Waals surface area contributed by atoms with E-state index >= 15 is 0 Å². The summed E-state index contributed by atoms with van der Waals surface area (Å²) in [7, 11) is 0. The molecule has 0 saturated carbocycles. The normalized spacial score (nSPS) is 20.2. The number of hydrogen-bond acceptors (Lipinski definition) is 2. The molecule has 17 heavy (non-hydrogen) atoms. The quantitative estimate of drug-likeness (QED) is 0.746. The standard InChI is InChI=1S/C15H30N2/c1-5-13(12-16)6-9-17-10-7-14(8-11-17)15(2,3)4/h7,13H,5-6,8-12,16H2,1-4H3. The largest absolute Gasteiger partial charge is 0.330 e. The van der Waals surface area contributed by atoms with E-state index in [2.05, 4.69) is 38.7 Å². The minimum absolute atomic E-state index is 0.356. The van der Waals surface area contributed by atoms with Gasteiger partial charge in [-0.25, -0.2) is 0 Å². The Morgan fingerprint density at radius 3 is 2.53 bits per heavy atom. The first-order valence-corrected chi connectivity index (χ1v) is 7.09. The topological polar surface area (TPSA) is 29.3 Å². The lowest BCUT2D eigenvalue weighted by atomic mass is 9.83. The summed E-state index contributed by atoms with van der Waals surface area (Å²) in [5.41, 5.74) is 7.73.